The van der Waals surface area contributed by atoms with E-state index in [4.69, 9.17) is 14.9 Å². The molecule has 1 atom stereocenters. The zero-order valence-electron chi connectivity index (χ0n) is 16.9. The SMILES string of the molecule is CCC/C=C/C/C=C/C/C=C/C/C=C/CCCCCC(=O)OC[C@@H](O)CO. The van der Waals surface area contributed by atoms with Gasteiger partial charge < -0.3 is 14.9 Å². The number of hydrogen-bond donors (Lipinski definition) is 2. The molecule has 0 saturated carbocycles. The van der Waals surface area contributed by atoms with Crippen LogP contribution in [0.1, 0.15) is 71.1 Å². The molecule has 0 fully saturated rings. The van der Waals surface area contributed by atoms with Gasteiger partial charge in [-0.15, -0.1) is 0 Å². The molecule has 0 bridgehead atoms. The summed E-state index contributed by atoms with van der Waals surface area (Å²) in [4.78, 5) is 11.4. The molecule has 0 aliphatic heterocycles. The Labute approximate surface area is 165 Å². The summed E-state index contributed by atoms with van der Waals surface area (Å²) in [6, 6.07) is 0. The molecule has 0 unspecified atom stereocenters. The minimum absolute atomic E-state index is 0.128. The van der Waals surface area contributed by atoms with E-state index in [2.05, 4.69) is 55.5 Å². The van der Waals surface area contributed by atoms with Crippen molar-refractivity contribution in [2.45, 2.75) is 77.2 Å². The Morgan fingerprint density at radius 1 is 0.852 bits per heavy atom. The summed E-state index contributed by atoms with van der Waals surface area (Å²) in [5.41, 5.74) is 0. The van der Waals surface area contributed by atoms with Crippen molar-refractivity contribution in [3.05, 3.63) is 48.6 Å². The van der Waals surface area contributed by atoms with Gasteiger partial charge in [0.15, 0.2) is 0 Å². The summed E-state index contributed by atoms with van der Waals surface area (Å²) < 4.78 is 4.85. The molecule has 0 aromatic rings. The van der Waals surface area contributed by atoms with Crippen molar-refractivity contribution in [1.82, 2.24) is 0 Å². The molecule has 0 spiro atoms. The first-order valence-electron chi connectivity index (χ1n) is 10.2. The van der Waals surface area contributed by atoms with Gasteiger partial charge in [-0.3, -0.25) is 4.79 Å². The van der Waals surface area contributed by atoms with Gasteiger partial charge in [-0.1, -0.05) is 68.4 Å². The number of carbonyl (C=O) groups excluding carboxylic acids is 1. The fourth-order valence-corrected chi connectivity index (χ4v) is 2.24. The average Bonchev–Trinajstić information content (AvgIpc) is 2.68. The van der Waals surface area contributed by atoms with Gasteiger partial charge in [0.25, 0.3) is 0 Å². The molecule has 0 aromatic carbocycles. The van der Waals surface area contributed by atoms with Crippen molar-refractivity contribution < 1.29 is 19.7 Å². The first-order chi connectivity index (χ1) is 13.2. The van der Waals surface area contributed by atoms with E-state index < -0.39 is 6.10 Å². The molecule has 0 saturated heterocycles. The lowest BCUT2D eigenvalue weighted by atomic mass is 10.1. The van der Waals surface area contributed by atoms with Crippen LogP contribution >= 0.6 is 0 Å². The van der Waals surface area contributed by atoms with Gasteiger partial charge in [-0.05, 0) is 44.9 Å². The Morgan fingerprint density at radius 2 is 1.41 bits per heavy atom. The smallest absolute Gasteiger partial charge is 0.305 e. The van der Waals surface area contributed by atoms with Crippen molar-refractivity contribution in [2.75, 3.05) is 13.2 Å². The van der Waals surface area contributed by atoms with E-state index in [0.717, 1.165) is 44.9 Å². The highest BCUT2D eigenvalue weighted by Crippen LogP contribution is 2.05. The molecule has 4 heteroatoms. The van der Waals surface area contributed by atoms with Gasteiger partial charge in [-0.2, -0.15) is 0 Å². The zero-order chi connectivity index (χ0) is 20.0. The Morgan fingerprint density at radius 3 is 1.96 bits per heavy atom. The minimum atomic E-state index is -0.975. The molecule has 0 aliphatic rings. The largest absolute Gasteiger partial charge is 0.463 e. The number of aliphatic hydroxyl groups is 2. The van der Waals surface area contributed by atoms with Crippen LogP contribution in [0.25, 0.3) is 0 Å². The molecule has 0 aliphatic carbocycles. The minimum Gasteiger partial charge on any atom is -0.463 e. The van der Waals surface area contributed by atoms with Crippen LogP contribution < -0.4 is 0 Å². The predicted octanol–water partition coefficient (Wildman–Crippen LogP) is 5.03. The highest BCUT2D eigenvalue weighted by Gasteiger charge is 2.07. The zero-order valence-corrected chi connectivity index (χ0v) is 16.9. The molecule has 4 nitrogen and oxygen atoms in total. The molecular formula is C23H38O4. The van der Waals surface area contributed by atoms with Crippen molar-refractivity contribution in [3.8, 4) is 0 Å². The molecule has 0 aromatic heterocycles. The van der Waals surface area contributed by atoms with E-state index in [0.29, 0.717) is 6.42 Å². The van der Waals surface area contributed by atoms with Gasteiger partial charge >= 0.3 is 5.97 Å². The van der Waals surface area contributed by atoms with Crippen LogP contribution in [0.2, 0.25) is 0 Å². The molecule has 154 valence electrons. The fraction of sp³-hybridized carbons (Fsp3) is 0.609. The van der Waals surface area contributed by atoms with Gasteiger partial charge in [0.05, 0.1) is 6.61 Å². The van der Waals surface area contributed by atoms with E-state index in [1.807, 2.05) is 0 Å². The second-order valence-electron chi connectivity index (χ2n) is 6.50. The fourth-order valence-electron chi connectivity index (χ4n) is 2.24. The maximum atomic E-state index is 11.4. The van der Waals surface area contributed by atoms with E-state index >= 15 is 0 Å². The third-order valence-electron chi connectivity index (χ3n) is 3.84. The molecule has 0 amide bonds. The summed E-state index contributed by atoms with van der Waals surface area (Å²) in [6.45, 7) is 1.67. The topological polar surface area (TPSA) is 66.8 Å². The molecule has 0 heterocycles. The Bertz CT molecular complexity index is 449. The van der Waals surface area contributed by atoms with Crippen molar-refractivity contribution in [3.63, 3.8) is 0 Å². The molecular weight excluding hydrogens is 340 g/mol. The van der Waals surface area contributed by atoms with Crippen LogP contribution in [0.15, 0.2) is 48.6 Å². The van der Waals surface area contributed by atoms with Crippen LogP contribution in [-0.4, -0.2) is 35.5 Å². The highest BCUT2D eigenvalue weighted by atomic mass is 16.5. The van der Waals surface area contributed by atoms with Crippen LogP contribution in [0.3, 0.4) is 0 Å². The van der Waals surface area contributed by atoms with Gasteiger partial charge in [-0.25, -0.2) is 0 Å². The van der Waals surface area contributed by atoms with E-state index in [-0.39, 0.29) is 19.2 Å². The number of unbranched alkanes of at least 4 members (excludes halogenated alkanes) is 4. The predicted molar refractivity (Wildman–Crippen MR) is 112 cm³/mol. The van der Waals surface area contributed by atoms with Gasteiger partial charge in [0.2, 0.25) is 0 Å². The van der Waals surface area contributed by atoms with Crippen LogP contribution in [0.4, 0.5) is 0 Å². The third-order valence-corrected chi connectivity index (χ3v) is 3.84. The number of allylic oxidation sites excluding steroid dienone is 8. The number of esters is 1. The second-order valence-corrected chi connectivity index (χ2v) is 6.50. The summed E-state index contributed by atoms with van der Waals surface area (Å²) in [5.74, 6) is -0.311. The number of rotatable bonds is 17. The standard InChI is InChI=1S/C23H38O4/c1-2-3-4-5-6-7-8-9-10-11-12-13-14-15-16-17-18-19-23(26)27-21-22(25)20-24/h4-5,7-8,10-11,13-14,22,24-25H,2-3,6,9,12,15-21H2,1H3/b5-4+,8-7+,11-10+,14-13+/t22-/m0/s1. The Balaban J connectivity index is 3.44. The molecule has 2 N–H and O–H groups in total. The highest BCUT2D eigenvalue weighted by molar-refractivity contribution is 5.69. The lowest BCUT2D eigenvalue weighted by molar-refractivity contribution is -0.147. The maximum Gasteiger partial charge on any atom is 0.305 e. The Kier molecular flexibility index (Phi) is 19.4. The van der Waals surface area contributed by atoms with Crippen LogP contribution in [-0.2, 0) is 9.53 Å². The number of ether oxygens (including phenoxy) is 1. The van der Waals surface area contributed by atoms with Crippen LogP contribution in [0, 0.1) is 0 Å². The Hall–Kier alpha value is -1.65. The van der Waals surface area contributed by atoms with Gasteiger partial charge in [0, 0.05) is 6.42 Å². The first kappa shape index (κ1) is 25.4. The summed E-state index contributed by atoms with van der Waals surface area (Å²) >= 11 is 0. The second kappa shape index (κ2) is 20.7. The van der Waals surface area contributed by atoms with Gasteiger partial charge in [0.1, 0.15) is 12.7 Å². The third kappa shape index (κ3) is 20.5. The quantitative estimate of drug-likeness (QED) is 0.212. The van der Waals surface area contributed by atoms with Crippen molar-refractivity contribution in [2.24, 2.45) is 0 Å². The lowest BCUT2D eigenvalue weighted by Crippen LogP contribution is -2.21. The van der Waals surface area contributed by atoms with Crippen LogP contribution in [0.5, 0.6) is 0 Å². The summed E-state index contributed by atoms with van der Waals surface area (Å²) in [6.07, 6.45) is 26.2. The van der Waals surface area contributed by atoms with E-state index in [1.54, 1.807) is 0 Å². The first-order valence-corrected chi connectivity index (χ1v) is 10.2. The number of hydrogen-bond acceptors (Lipinski definition) is 4. The average molecular weight is 379 g/mol. The number of aliphatic hydroxyl groups excluding tert-OH is 2. The summed E-state index contributed by atoms with van der Waals surface area (Å²) in [7, 11) is 0. The van der Waals surface area contributed by atoms with E-state index in [1.165, 1.54) is 12.8 Å². The normalized spacial score (nSPS) is 13.4. The van der Waals surface area contributed by atoms with Crippen molar-refractivity contribution >= 4 is 5.97 Å². The number of carbonyl (C=O) groups is 1. The molecule has 27 heavy (non-hydrogen) atoms. The maximum absolute atomic E-state index is 11.4. The monoisotopic (exact) mass is 378 g/mol. The molecule has 0 radical (unpaired) electrons. The van der Waals surface area contributed by atoms with Crippen molar-refractivity contribution in [1.29, 1.82) is 0 Å². The lowest BCUT2D eigenvalue weighted by Gasteiger charge is -2.08. The van der Waals surface area contributed by atoms with E-state index in [9.17, 15) is 4.79 Å². The molecule has 0 rings (SSSR count). The summed E-state index contributed by atoms with van der Waals surface area (Å²) in [5, 5.41) is 17.7.